The molecule has 0 radical (unpaired) electrons. The van der Waals surface area contributed by atoms with Crippen LogP contribution in [0.3, 0.4) is 0 Å². The SMILES string of the molecule is CSC(C)CCNC1CCOc2c(Cl)cc(Cl)cc21. The fraction of sp³-hybridized carbons (Fsp3) is 0.571. The molecule has 2 nitrogen and oxygen atoms in total. The quantitative estimate of drug-likeness (QED) is 0.860. The van der Waals surface area contributed by atoms with E-state index in [4.69, 9.17) is 27.9 Å². The Morgan fingerprint density at radius 3 is 3.00 bits per heavy atom. The maximum absolute atomic E-state index is 6.18. The first kappa shape index (κ1) is 15.3. The van der Waals surface area contributed by atoms with E-state index in [-0.39, 0.29) is 6.04 Å². The zero-order valence-electron chi connectivity index (χ0n) is 11.2. The van der Waals surface area contributed by atoms with E-state index >= 15 is 0 Å². The molecule has 0 amide bonds. The number of halogens is 2. The lowest BCUT2D eigenvalue weighted by Crippen LogP contribution is -2.29. The molecule has 2 unspecified atom stereocenters. The number of fused-ring (bicyclic) bond motifs is 1. The molecule has 1 N–H and O–H groups in total. The van der Waals surface area contributed by atoms with Gasteiger partial charge in [-0.3, -0.25) is 0 Å². The van der Waals surface area contributed by atoms with Gasteiger partial charge in [0.05, 0.1) is 11.6 Å². The molecular formula is C14H19Cl2NOS. The van der Waals surface area contributed by atoms with Gasteiger partial charge in [0.1, 0.15) is 5.75 Å². The molecule has 1 aliphatic heterocycles. The number of hydrogen-bond donors (Lipinski definition) is 1. The Morgan fingerprint density at radius 1 is 1.47 bits per heavy atom. The molecule has 0 fully saturated rings. The third-order valence-electron chi connectivity index (χ3n) is 3.41. The summed E-state index contributed by atoms with van der Waals surface area (Å²) >= 11 is 14.2. The summed E-state index contributed by atoms with van der Waals surface area (Å²) in [6.45, 7) is 3.94. The van der Waals surface area contributed by atoms with Gasteiger partial charge in [0.2, 0.25) is 0 Å². The van der Waals surface area contributed by atoms with E-state index in [9.17, 15) is 0 Å². The summed E-state index contributed by atoms with van der Waals surface area (Å²) < 4.78 is 5.65. The number of hydrogen-bond acceptors (Lipinski definition) is 3. The number of nitrogens with one attached hydrogen (secondary N) is 1. The van der Waals surface area contributed by atoms with Crippen molar-refractivity contribution in [3.63, 3.8) is 0 Å². The Balaban J connectivity index is 2.05. The molecule has 0 bridgehead atoms. The fourth-order valence-corrected chi connectivity index (χ4v) is 3.13. The van der Waals surface area contributed by atoms with Crippen LogP contribution in [0.5, 0.6) is 5.75 Å². The van der Waals surface area contributed by atoms with Gasteiger partial charge in [0.15, 0.2) is 0 Å². The van der Waals surface area contributed by atoms with E-state index in [1.165, 1.54) is 0 Å². The predicted octanol–water partition coefficient (Wildman–Crippen LogP) is 4.55. The molecule has 1 aliphatic rings. The summed E-state index contributed by atoms with van der Waals surface area (Å²) in [6.07, 6.45) is 4.26. The molecule has 0 saturated heterocycles. The van der Waals surface area contributed by atoms with Crippen LogP contribution in [0.1, 0.15) is 31.4 Å². The second-order valence-electron chi connectivity index (χ2n) is 4.78. The van der Waals surface area contributed by atoms with Crippen molar-refractivity contribution in [1.29, 1.82) is 0 Å². The third-order valence-corrected chi connectivity index (χ3v) is 4.95. The van der Waals surface area contributed by atoms with Gasteiger partial charge >= 0.3 is 0 Å². The van der Waals surface area contributed by atoms with Crippen LogP contribution in [-0.2, 0) is 0 Å². The van der Waals surface area contributed by atoms with Crippen LogP contribution in [0.15, 0.2) is 12.1 Å². The van der Waals surface area contributed by atoms with Crippen LogP contribution in [-0.4, -0.2) is 24.7 Å². The van der Waals surface area contributed by atoms with Gasteiger partial charge in [0, 0.05) is 28.3 Å². The van der Waals surface area contributed by atoms with Crippen molar-refractivity contribution in [3.8, 4) is 5.75 Å². The Hall–Kier alpha value is -0.0900. The third kappa shape index (κ3) is 3.94. The summed E-state index contributed by atoms with van der Waals surface area (Å²) in [5.41, 5.74) is 1.08. The van der Waals surface area contributed by atoms with Crippen LogP contribution in [0.2, 0.25) is 10.0 Å². The molecule has 106 valence electrons. The van der Waals surface area contributed by atoms with Gasteiger partial charge < -0.3 is 10.1 Å². The molecule has 1 aromatic carbocycles. The second kappa shape index (κ2) is 7.07. The van der Waals surface area contributed by atoms with E-state index in [0.717, 1.165) is 30.7 Å². The van der Waals surface area contributed by atoms with E-state index in [1.54, 1.807) is 6.07 Å². The lowest BCUT2D eigenvalue weighted by atomic mass is 10.0. The van der Waals surface area contributed by atoms with E-state index in [1.807, 2.05) is 17.8 Å². The topological polar surface area (TPSA) is 21.3 Å². The van der Waals surface area contributed by atoms with E-state index < -0.39 is 0 Å². The maximum atomic E-state index is 6.18. The highest BCUT2D eigenvalue weighted by molar-refractivity contribution is 7.99. The first-order chi connectivity index (χ1) is 9.11. The van der Waals surface area contributed by atoms with Gasteiger partial charge in [-0.25, -0.2) is 0 Å². The second-order valence-corrected chi connectivity index (χ2v) is 6.90. The molecule has 0 aromatic heterocycles. The molecular weight excluding hydrogens is 301 g/mol. The van der Waals surface area contributed by atoms with Gasteiger partial charge in [-0.15, -0.1) is 0 Å². The normalized spacial score (nSPS) is 19.7. The minimum absolute atomic E-state index is 0.286. The number of benzene rings is 1. The highest BCUT2D eigenvalue weighted by atomic mass is 35.5. The smallest absolute Gasteiger partial charge is 0.142 e. The largest absolute Gasteiger partial charge is 0.492 e. The molecule has 0 aliphatic carbocycles. The molecule has 1 heterocycles. The van der Waals surface area contributed by atoms with E-state index in [0.29, 0.717) is 21.9 Å². The molecule has 0 spiro atoms. The molecule has 19 heavy (non-hydrogen) atoms. The zero-order chi connectivity index (χ0) is 13.8. The lowest BCUT2D eigenvalue weighted by molar-refractivity contribution is 0.253. The lowest BCUT2D eigenvalue weighted by Gasteiger charge is -2.28. The monoisotopic (exact) mass is 319 g/mol. The van der Waals surface area contributed by atoms with E-state index in [2.05, 4.69) is 18.5 Å². The van der Waals surface area contributed by atoms with Crippen molar-refractivity contribution in [2.24, 2.45) is 0 Å². The first-order valence-corrected chi connectivity index (χ1v) is 8.54. The molecule has 2 rings (SSSR count). The average Bonchev–Trinajstić information content (AvgIpc) is 2.39. The molecule has 2 atom stereocenters. The van der Waals surface area contributed by atoms with Crippen molar-refractivity contribution >= 4 is 35.0 Å². The van der Waals surface area contributed by atoms with Crippen molar-refractivity contribution in [2.45, 2.75) is 31.1 Å². The Morgan fingerprint density at radius 2 is 2.26 bits per heavy atom. The van der Waals surface area contributed by atoms with Crippen LogP contribution < -0.4 is 10.1 Å². The summed E-state index contributed by atoms with van der Waals surface area (Å²) in [4.78, 5) is 0. The van der Waals surface area contributed by atoms with Crippen LogP contribution in [0.4, 0.5) is 0 Å². The van der Waals surface area contributed by atoms with Crippen molar-refractivity contribution in [3.05, 3.63) is 27.7 Å². The summed E-state index contributed by atoms with van der Waals surface area (Å²) in [5, 5.41) is 5.53. The highest BCUT2D eigenvalue weighted by Crippen LogP contribution is 2.39. The standard InChI is InChI=1S/C14H19Cl2NOS/c1-9(19-2)3-5-17-13-4-6-18-14-11(13)7-10(15)8-12(14)16/h7-9,13,17H,3-6H2,1-2H3. The minimum Gasteiger partial charge on any atom is -0.492 e. The summed E-state index contributed by atoms with van der Waals surface area (Å²) in [5.74, 6) is 0.785. The van der Waals surface area contributed by atoms with Gasteiger partial charge in [0.25, 0.3) is 0 Å². The summed E-state index contributed by atoms with van der Waals surface area (Å²) in [6, 6.07) is 3.98. The maximum Gasteiger partial charge on any atom is 0.142 e. The molecule has 1 aromatic rings. The number of ether oxygens (including phenoxy) is 1. The molecule has 0 saturated carbocycles. The van der Waals surface area contributed by atoms with Crippen molar-refractivity contribution < 1.29 is 4.74 Å². The van der Waals surface area contributed by atoms with Gasteiger partial charge in [-0.2, -0.15) is 11.8 Å². The first-order valence-electron chi connectivity index (χ1n) is 6.49. The van der Waals surface area contributed by atoms with Gasteiger partial charge in [-0.05, 0) is 31.4 Å². The van der Waals surface area contributed by atoms with Crippen LogP contribution in [0, 0.1) is 0 Å². The van der Waals surface area contributed by atoms with Crippen LogP contribution in [0.25, 0.3) is 0 Å². The number of rotatable bonds is 5. The fourth-order valence-electron chi connectivity index (χ4n) is 2.22. The average molecular weight is 320 g/mol. The highest BCUT2D eigenvalue weighted by Gasteiger charge is 2.23. The van der Waals surface area contributed by atoms with Crippen molar-refractivity contribution in [2.75, 3.05) is 19.4 Å². The number of thioether (sulfide) groups is 1. The van der Waals surface area contributed by atoms with Crippen molar-refractivity contribution in [1.82, 2.24) is 5.32 Å². The Labute approximate surface area is 129 Å². The van der Waals surface area contributed by atoms with Gasteiger partial charge in [-0.1, -0.05) is 30.1 Å². The predicted molar refractivity (Wildman–Crippen MR) is 84.9 cm³/mol. The zero-order valence-corrected chi connectivity index (χ0v) is 13.5. The minimum atomic E-state index is 0.286. The van der Waals surface area contributed by atoms with Crippen LogP contribution >= 0.6 is 35.0 Å². The Kier molecular flexibility index (Phi) is 5.70. The Bertz CT molecular complexity index is 442. The summed E-state index contributed by atoms with van der Waals surface area (Å²) in [7, 11) is 0. The molecule has 5 heteroatoms.